The lowest BCUT2D eigenvalue weighted by molar-refractivity contribution is 0.849. The van der Waals surface area contributed by atoms with Gasteiger partial charge < -0.3 is 5.84 Å². The van der Waals surface area contributed by atoms with Crippen LogP contribution in [-0.2, 0) is 5.75 Å². The third-order valence-corrected chi connectivity index (χ3v) is 5.09. The zero-order valence-electron chi connectivity index (χ0n) is 13.0. The first-order valence-corrected chi connectivity index (χ1v) is 8.98. The molecule has 1 aromatic heterocycles. The van der Waals surface area contributed by atoms with Gasteiger partial charge in [-0.2, -0.15) is 0 Å². The Labute approximate surface area is 148 Å². The van der Waals surface area contributed by atoms with Crippen LogP contribution in [0.25, 0.3) is 11.4 Å². The van der Waals surface area contributed by atoms with Crippen molar-refractivity contribution < 1.29 is 0 Å². The monoisotopic (exact) mass is 388 g/mol. The van der Waals surface area contributed by atoms with E-state index >= 15 is 0 Å². The molecule has 23 heavy (non-hydrogen) atoms. The Hall–Kier alpha value is -1.79. The Bertz CT molecular complexity index is 844. The van der Waals surface area contributed by atoms with Crippen LogP contribution < -0.4 is 5.84 Å². The van der Waals surface area contributed by atoms with Gasteiger partial charge in [-0.3, -0.25) is 0 Å². The van der Waals surface area contributed by atoms with Crippen LogP contribution in [-0.4, -0.2) is 14.9 Å². The summed E-state index contributed by atoms with van der Waals surface area (Å²) in [5, 5.41) is 9.15. The number of nitrogens with zero attached hydrogens (tertiary/aromatic N) is 3. The average Bonchev–Trinajstić information content (AvgIpc) is 2.87. The SMILES string of the molecule is Cc1ccc(CSc2nnc(-c3cccc(Br)c3)n2N)c(C)c1. The number of rotatable bonds is 4. The highest BCUT2D eigenvalue weighted by molar-refractivity contribution is 9.10. The first-order chi connectivity index (χ1) is 11.0. The first kappa shape index (κ1) is 16.1. The molecule has 0 saturated carbocycles. The van der Waals surface area contributed by atoms with Gasteiger partial charge >= 0.3 is 0 Å². The second kappa shape index (κ2) is 6.76. The van der Waals surface area contributed by atoms with Crippen molar-refractivity contribution in [3.05, 3.63) is 63.6 Å². The minimum Gasteiger partial charge on any atom is -0.335 e. The van der Waals surface area contributed by atoms with Gasteiger partial charge in [0.25, 0.3) is 0 Å². The third-order valence-electron chi connectivity index (χ3n) is 3.60. The molecule has 2 N–H and O–H groups in total. The van der Waals surface area contributed by atoms with Gasteiger partial charge in [-0.15, -0.1) is 10.2 Å². The fourth-order valence-corrected chi connectivity index (χ4v) is 3.68. The maximum absolute atomic E-state index is 6.17. The van der Waals surface area contributed by atoms with Crippen molar-refractivity contribution in [2.45, 2.75) is 24.8 Å². The highest BCUT2D eigenvalue weighted by atomic mass is 79.9. The Morgan fingerprint density at radius 1 is 1.13 bits per heavy atom. The van der Waals surface area contributed by atoms with E-state index in [1.807, 2.05) is 24.3 Å². The molecule has 4 nitrogen and oxygen atoms in total. The zero-order valence-corrected chi connectivity index (χ0v) is 15.4. The molecule has 2 aromatic carbocycles. The molecule has 0 bridgehead atoms. The van der Waals surface area contributed by atoms with E-state index in [-0.39, 0.29) is 0 Å². The summed E-state index contributed by atoms with van der Waals surface area (Å²) in [6.45, 7) is 4.23. The molecule has 3 rings (SSSR count). The topological polar surface area (TPSA) is 56.7 Å². The third kappa shape index (κ3) is 3.59. The highest BCUT2D eigenvalue weighted by Crippen LogP contribution is 2.26. The van der Waals surface area contributed by atoms with Crippen molar-refractivity contribution in [3.63, 3.8) is 0 Å². The van der Waals surface area contributed by atoms with Gasteiger partial charge in [-0.1, -0.05) is 63.6 Å². The van der Waals surface area contributed by atoms with E-state index in [0.717, 1.165) is 15.8 Å². The fourth-order valence-electron chi connectivity index (χ4n) is 2.35. The molecule has 0 unspecified atom stereocenters. The lowest BCUT2D eigenvalue weighted by atomic mass is 10.1. The van der Waals surface area contributed by atoms with Gasteiger partial charge in [0.15, 0.2) is 5.82 Å². The van der Waals surface area contributed by atoms with Gasteiger partial charge in [-0.25, -0.2) is 4.68 Å². The van der Waals surface area contributed by atoms with Crippen LogP contribution in [0.5, 0.6) is 0 Å². The molecule has 0 aliphatic heterocycles. The minimum absolute atomic E-state index is 0.662. The van der Waals surface area contributed by atoms with E-state index < -0.39 is 0 Å². The maximum Gasteiger partial charge on any atom is 0.210 e. The van der Waals surface area contributed by atoms with Gasteiger partial charge in [0.05, 0.1) is 0 Å². The van der Waals surface area contributed by atoms with Gasteiger partial charge in [0, 0.05) is 15.8 Å². The molecular formula is C17H17BrN4S. The van der Waals surface area contributed by atoms with Crippen molar-refractivity contribution in [3.8, 4) is 11.4 Å². The lowest BCUT2D eigenvalue weighted by Crippen LogP contribution is -2.11. The summed E-state index contributed by atoms with van der Waals surface area (Å²) in [7, 11) is 0. The largest absolute Gasteiger partial charge is 0.335 e. The van der Waals surface area contributed by atoms with Crippen LogP contribution in [0.3, 0.4) is 0 Å². The molecule has 0 amide bonds. The van der Waals surface area contributed by atoms with E-state index in [0.29, 0.717) is 11.0 Å². The standard InChI is InChI=1S/C17H17BrN4S/c1-11-6-7-14(12(2)8-11)10-23-17-21-20-16(22(17)19)13-4-3-5-15(18)9-13/h3-9H,10,19H2,1-2H3. The summed E-state index contributed by atoms with van der Waals surface area (Å²) < 4.78 is 2.54. The molecule has 3 aromatic rings. The van der Waals surface area contributed by atoms with Gasteiger partial charge in [0.2, 0.25) is 5.16 Å². The molecule has 0 aliphatic rings. The van der Waals surface area contributed by atoms with E-state index in [2.05, 4.69) is 58.2 Å². The normalized spacial score (nSPS) is 10.9. The van der Waals surface area contributed by atoms with Crippen LogP contribution in [0.15, 0.2) is 52.1 Å². The summed E-state index contributed by atoms with van der Waals surface area (Å²) in [6.07, 6.45) is 0. The second-order valence-corrected chi connectivity index (χ2v) is 7.26. The molecule has 0 radical (unpaired) electrons. The van der Waals surface area contributed by atoms with Crippen LogP contribution in [0.2, 0.25) is 0 Å². The quantitative estimate of drug-likeness (QED) is 0.533. The van der Waals surface area contributed by atoms with Crippen molar-refractivity contribution in [1.82, 2.24) is 14.9 Å². The van der Waals surface area contributed by atoms with Crippen LogP contribution in [0.4, 0.5) is 0 Å². The summed E-state index contributed by atoms with van der Waals surface area (Å²) >= 11 is 5.05. The molecule has 0 fully saturated rings. The average molecular weight is 389 g/mol. The Kier molecular flexibility index (Phi) is 4.73. The Morgan fingerprint density at radius 2 is 1.96 bits per heavy atom. The maximum atomic E-state index is 6.17. The fraction of sp³-hybridized carbons (Fsp3) is 0.176. The predicted molar refractivity (Wildman–Crippen MR) is 98.8 cm³/mol. The number of benzene rings is 2. The predicted octanol–water partition coefficient (Wildman–Crippen LogP) is 4.33. The van der Waals surface area contributed by atoms with Crippen molar-refractivity contribution in [2.24, 2.45) is 0 Å². The molecule has 0 spiro atoms. The first-order valence-electron chi connectivity index (χ1n) is 7.20. The molecule has 0 saturated heterocycles. The number of aryl methyl sites for hydroxylation is 2. The molecule has 0 atom stereocenters. The smallest absolute Gasteiger partial charge is 0.210 e. The van der Waals surface area contributed by atoms with Crippen LogP contribution >= 0.6 is 27.7 Å². The molecule has 1 heterocycles. The highest BCUT2D eigenvalue weighted by Gasteiger charge is 2.13. The zero-order chi connectivity index (χ0) is 16.4. The van der Waals surface area contributed by atoms with Crippen LogP contribution in [0.1, 0.15) is 16.7 Å². The Balaban J connectivity index is 1.80. The van der Waals surface area contributed by atoms with Gasteiger partial charge in [-0.05, 0) is 37.1 Å². The number of hydrogen-bond acceptors (Lipinski definition) is 4. The van der Waals surface area contributed by atoms with E-state index in [1.54, 1.807) is 16.4 Å². The van der Waals surface area contributed by atoms with Crippen molar-refractivity contribution in [1.29, 1.82) is 0 Å². The number of halogens is 1. The van der Waals surface area contributed by atoms with E-state index in [1.165, 1.54) is 16.7 Å². The van der Waals surface area contributed by atoms with Crippen molar-refractivity contribution in [2.75, 3.05) is 5.84 Å². The molecule has 118 valence electrons. The number of nitrogens with two attached hydrogens (primary N) is 1. The number of thioether (sulfide) groups is 1. The summed E-state index contributed by atoms with van der Waals surface area (Å²) in [4.78, 5) is 0. The van der Waals surface area contributed by atoms with E-state index in [4.69, 9.17) is 5.84 Å². The summed E-state index contributed by atoms with van der Waals surface area (Å²) in [5.41, 5.74) is 4.78. The molecule has 6 heteroatoms. The second-order valence-electron chi connectivity index (χ2n) is 5.41. The summed E-state index contributed by atoms with van der Waals surface area (Å²) in [5.74, 6) is 7.65. The molecule has 0 aliphatic carbocycles. The van der Waals surface area contributed by atoms with E-state index in [9.17, 15) is 0 Å². The lowest BCUT2D eigenvalue weighted by Gasteiger charge is -2.07. The number of nitrogen functional groups attached to an aromatic ring is 1. The van der Waals surface area contributed by atoms with Crippen molar-refractivity contribution >= 4 is 27.7 Å². The minimum atomic E-state index is 0.662. The summed E-state index contributed by atoms with van der Waals surface area (Å²) in [6, 6.07) is 14.3. The number of hydrogen-bond donors (Lipinski definition) is 1. The Morgan fingerprint density at radius 3 is 2.70 bits per heavy atom. The number of aromatic nitrogens is 3. The molecular weight excluding hydrogens is 372 g/mol. The van der Waals surface area contributed by atoms with Gasteiger partial charge in [0.1, 0.15) is 0 Å². The van der Waals surface area contributed by atoms with Crippen LogP contribution in [0, 0.1) is 13.8 Å².